The summed E-state index contributed by atoms with van der Waals surface area (Å²) in [4.78, 5) is 24.3. The van der Waals surface area contributed by atoms with Crippen LogP contribution in [0.1, 0.15) is 29.1 Å². The van der Waals surface area contributed by atoms with Crippen molar-refractivity contribution in [2.45, 2.75) is 40.0 Å². The monoisotopic (exact) mass is 386 g/mol. The van der Waals surface area contributed by atoms with Gasteiger partial charge in [-0.1, -0.05) is 26.2 Å². The number of carbonyl (C=O) groups is 2. The van der Waals surface area contributed by atoms with E-state index in [0.29, 0.717) is 9.75 Å². The Balaban J connectivity index is 0.000000351. The number of hydrogen-bond acceptors (Lipinski definition) is 5. The van der Waals surface area contributed by atoms with Gasteiger partial charge in [-0.05, 0) is 38.1 Å². The highest BCUT2D eigenvalue weighted by Gasteiger charge is 2.05. The highest BCUT2D eigenvalue weighted by molar-refractivity contribution is 7.14. The molecule has 2 aromatic rings. The van der Waals surface area contributed by atoms with Crippen molar-refractivity contribution in [2.24, 2.45) is 0 Å². The number of rotatable bonds is 2. The van der Waals surface area contributed by atoms with Gasteiger partial charge in [-0.15, -0.1) is 22.7 Å². The summed E-state index contributed by atoms with van der Waals surface area (Å²) in [7, 11) is 0.775. The number of carbonyl (C=O) groups excluding carboxylic acids is 1. The lowest BCUT2D eigenvalue weighted by Crippen LogP contribution is -2.10. The topological polar surface area (TPSA) is 63.6 Å². The summed E-state index contributed by atoms with van der Waals surface area (Å²) in [6.07, 6.45) is 0. The predicted octanol–water partition coefficient (Wildman–Crippen LogP) is 5.55. The molecule has 0 bridgehead atoms. The second kappa shape index (κ2) is 10.4. The van der Waals surface area contributed by atoms with E-state index in [1.54, 1.807) is 18.2 Å². The third-order valence-corrected chi connectivity index (χ3v) is 4.05. The number of thiophene rings is 2. The van der Waals surface area contributed by atoms with Gasteiger partial charge in [0.25, 0.3) is 0 Å². The molecule has 2 heterocycles. The molecule has 0 amide bonds. The van der Waals surface area contributed by atoms with E-state index in [9.17, 15) is 9.59 Å². The number of carboxylic acids is 1. The molecule has 2 aromatic heterocycles. The molecule has 7 heteroatoms. The second-order valence-corrected chi connectivity index (χ2v) is 15.2. The molecular formula is C17H26O4S2Si. The fourth-order valence-electron chi connectivity index (χ4n) is 1.19. The second-order valence-electron chi connectivity index (χ2n) is 6.62. The molecule has 0 unspecified atom stereocenters. The van der Waals surface area contributed by atoms with E-state index in [4.69, 9.17) is 5.11 Å². The van der Waals surface area contributed by atoms with Crippen LogP contribution in [0, 0.1) is 13.8 Å². The lowest BCUT2D eigenvalue weighted by atomic mass is 10.4. The maximum Gasteiger partial charge on any atom is 0.348 e. The van der Waals surface area contributed by atoms with Crippen LogP contribution in [0.2, 0.25) is 26.2 Å². The minimum absolute atomic E-state index is 0.252. The highest BCUT2D eigenvalue weighted by atomic mass is 32.1. The largest absolute Gasteiger partial charge is 0.477 e. The first-order valence-corrected chi connectivity index (χ1v) is 13.0. The zero-order chi connectivity index (χ0) is 18.9. The number of aryl methyl sites for hydroxylation is 2. The molecule has 0 fully saturated rings. The van der Waals surface area contributed by atoms with E-state index in [-0.39, 0.29) is 5.97 Å². The van der Waals surface area contributed by atoms with Crippen LogP contribution in [-0.4, -0.2) is 32.2 Å². The van der Waals surface area contributed by atoms with Gasteiger partial charge >= 0.3 is 11.9 Å². The van der Waals surface area contributed by atoms with Gasteiger partial charge < -0.3 is 9.84 Å². The van der Waals surface area contributed by atoms with Crippen molar-refractivity contribution < 1.29 is 19.4 Å². The van der Waals surface area contributed by atoms with E-state index in [1.165, 1.54) is 29.8 Å². The molecule has 0 aliphatic rings. The number of aromatic carboxylic acids is 1. The first kappa shape index (κ1) is 22.6. The summed E-state index contributed by atoms with van der Waals surface area (Å²) in [5.41, 5.74) is 0. The maximum atomic E-state index is 10.8. The van der Waals surface area contributed by atoms with Gasteiger partial charge in [0.15, 0.2) is 0 Å². The van der Waals surface area contributed by atoms with Crippen LogP contribution in [0.3, 0.4) is 0 Å². The van der Waals surface area contributed by atoms with Gasteiger partial charge in [-0.2, -0.15) is 0 Å². The standard InChI is InChI=1S/C7H8O2S.C6H6O2S.C4H12Si/c1-5-3-4-6(10-5)7(8)9-2;1-4-2-3-5(9-4)6(7)8;1-5(2,3)4/h3-4H,1-2H3;2-3H,1H3,(H,7,8);1-4H3. The quantitative estimate of drug-likeness (QED) is 0.543. The zero-order valence-electron chi connectivity index (χ0n) is 15.3. The summed E-state index contributed by atoms with van der Waals surface area (Å²) < 4.78 is 4.52. The van der Waals surface area contributed by atoms with Crippen molar-refractivity contribution in [3.05, 3.63) is 43.8 Å². The molecule has 0 radical (unpaired) electrons. The Bertz CT molecular complexity index is 648. The lowest BCUT2D eigenvalue weighted by Gasteiger charge is -2.01. The molecule has 2 rings (SSSR count). The van der Waals surface area contributed by atoms with Crippen molar-refractivity contribution in [1.82, 2.24) is 0 Å². The number of hydrogen-bond donors (Lipinski definition) is 1. The van der Waals surface area contributed by atoms with Gasteiger partial charge in [0.05, 0.1) is 7.11 Å². The molecule has 24 heavy (non-hydrogen) atoms. The number of methoxy groups -OCH3 is 1. The number of ether oxygens (including phenoxy) is 1. The van der Waals surface area contributed by atoms with Crippen molar-refractivity contribution in [3.63, 3.8) is 0 Å². The van der Waals surface area contributed by atoms with Crippen molar-refractivity contribution in [3.8, 4) is 0 Å². The zero-order valence-corrected chi connectivity index (χ0v) is 17.9. The summed E-state index contributed by atoms with van der Waals surface area (Å²) in [5.74, 6) is -1.09. The molecule has 1 N–H and O–H groups in total. The van der Waals surface area contributed by atoms with Crippen LogP contribution in [0.4, 0.5) is 0 Å². The first-order valence-electron chi connectivity index (χ1n) is 7.38. The molecule has 4 nitrogen and oxygen atoms in total. The lowest BCUT2D eigenvalue weighted by molar-refractivity contribution is 0.0605. The van der Waals surface area contributed by atoms with Gasteiger partial charge in [0.2, 0.25) is 0 Å². The van der Waals surface area contributed by atoms with E-state index < -0.39 is 14.0 Å². The maximum absolute atomic E-state index is 10.8. The third kappa shape index (κ3) is 11.1. The fourth-order valence-corrected chi connectivity index (χ4v) is 2.69. The van der Waals surface area contributed by atoms with E-state index >= 15 is 0 Å². The average Bonchev–Trinajstić information content (AvgIpc) is 3.05. The number of esters is 1. The minimum Gasteiger partial charge on any atom is -0.477 e. The van der Waals surface area contributed by atoms with Crippen LogP contribution in [-0.2, 0) is 4.74 Å². The third-order valence-electron chi connectivity index (χ3n) is 2.08. The van der Waals surface area contributed by atoms with Crippen molar-refractivity contribution >= 4 is 42.7 Å². The van der Waals surface area contributed by atoms with Crippen LogP contribution >= 0.6 is 22.7 Å². The molecule has 0 saturated carbocycles. The predicted molar refractivity (Wildman–Crippen MR) is 106 cm³/mol. The Hall–Kier alpha value is -1.44. The summed E-state index contributed by atoms with van der Waals surface area (Å²) >= 11 is 2.74. The van der Waals surface area contributed by atoms with Crippen LogP contribution in [0.25, 0.3) is 0 Å². The fraction of sp³-hybridized carbons (Fsp3) is 0.412. The molecular weight excluding hydrogens is 360 g/mol. The Morgan fingerprint density at radius 2 is 1.29 bits per heavy atom. The Morgan fingerprint density at radius 3 is 1.50 bits per heavy atom. The van der Waals surface area contributed by atoms with Gasteiger partial charge in [0, 0.05) is 17.8 Å². The smallest absolute Gasteiger partial charge is 0.348 e. The molecule has 0 spiro atoms. The van der Waals surface area contributed by atoms with E-state index in [0.717, 1.165) is 9.75 Å². The Kier molecular flexibility index (Phi) is 9.80. The molecule has 0 atom stereocenters. The Labute approximate surface area is 153 Å². The molecule has 0 aliphatic carbocycles. The van der Waals surface area contributed by atoms with Crippen molar-refractivity contribution in [1.29, 1.82) is 0 Å². The van der Waals surface area contributed by atoms with Crippen molar-refractivity contribution in [2.75, 3.05) is 7.11 Å². The number of carboxylic acid groups (broad SMARTS) is 1. The summed E-state index contributed by atoms with van der Waals surface area (Å²) in [6, 6.07) is 7.08. The average molecular weight is 387 g/mol. The molecule has 134 valence electrons. The van der Waals surface area contributed by atoms with Gasteiger partial charge in [-0.3, -0.25) is 0 Å². The summed E-state index contributed by atoms with van der Waals surface area (Å²) in [6.45, 7) is 13.1. The van der Waals surface area contributed by atoms with E-state index in [2.05, 4.69) is 30.9 Å². The SMILES string of the molecule is COC(=O)c1ccc(C)s1.C[Si](C)(C)C.Cc1ccc(C(=O)O)s1. The highest BCUT2D eigenvalue weighted by Crippen LogP contribution is 2.15. The normalized spacial score (nSPS) is 9.96. The van der Waals surface area contributed by atoms with Crippen LogP contribution in [0.5, 0.6) is 0 Å². The van der Waals surface area contributed by atoms with Gasteiger partial charge in [-0.25, -0.2) is 9.59 Å². The van der Waals surface area contributed by atoms with Gasteiger partial charge in [0.1, 0.15) is 9.75 Å². The minimum atomic E-state index is -0.840. The van der Waals surface area contributed by atoms with E-state index in [1.807, 2.05) is 19.9 Å². The molecule has 0 aliphatic heterocycles. The first-order chi connectivity index (χ1) is 10.9. The molecule has 0 aromatic carbocycles. The van der Waals surface area contributed by atoms with Crippen LogP contribution in [0.15, 0.2) is 24.3 Å². The molecule has 0 saturated heterocycles. The summed E-state index contributed by atoms with van der Waals surface area (Å²) in [5, 5.41) is 8.41. The Morgan fingerprint density at radius 1 is 0.917 bits per heavy atom. The van der Waals surface area contributed by atoms with Crippen LogP contribution < -0.4 is 0 Å².